The number of nitrogens with zero attached hydrogens (tertiary/aromatic N) is 3. The average molecular weight is 493 g/mol. The highest BCUT2D eigenvalue weighted by Gasteiger charge is 2.26. The predicted molar refractivity (Wildman–Crippen MR) is 126 cm³/mol. The molecule has 0 saturated heterocycles. The van der Waals surface area contributed by atoms with E-state index in [4.69, 9.17) is 20.9 Å². The van der Waals surface area contributed by atoms with E-state index in [1.165, 1.54) is 24.3 Å². The molecule has 1 atom stereocenters. The highest BCUT2D eigenvalue weighted by atomic mass is 35.5. The van der Waals surface area contributed by atoms with Crippen LogP contribution in [0.4, 0.5) is 11.4 Å². The second-order valence-corrected chi connectivity index (χ2v) is 7.74. The molecule has 3 aromatic carbocycles. The molecule has 4 rings (SSSR count). The lowest BCUT2D eigenvalue weighted by atomic mass is 10.1. The second-order valence-electron chi connectivity index (χ2n) is 7.33. The largest absolute Gasteiger partial charge is 0.444 e. The van der Waals surface area contributed by atoms with Gasteiger partial charge in [0, 0.05) is 22.9 Å². The number of anilines is 1. The van der Waals surface area contributed by atoms with Crippen molar-refractivity contribution in [1.29, 1.82) is 0 Å². The summed E-state index contributed by atoms with van der Waals surface area (Å²) in [4.78, 5) is 40.6. The van der Waals surface area contributed by atoms with E-state index in [9.17, 15) is 19.7 Å². The van der Waals surface area contributed by atoms with E-state index in [2.05, 4.69) is 15.5 Å². The standard InChI is InChI=1S/C24H17ClN4O6/c1-14-26-23(35-28-14)16-7-9-17(10-8-16)24(31)34-21(15-5-3-2-4-6-15)22(30)27-18-11-12-19(25)20(13-18)29(32)33/h2-13,21H,1H3,(H,27,30)/t21-/m1/s1. The van der Waals surface area contributed by atoms with Crippen molar-refractivity contribution in [2.24, 2.45) is 0 Å². The Hall–Kier alpha value is -4.57. The third-order valence-corrected chi connectivity index (χ3v) is 5.19. The number of hydrogen-bond donors (Lipinski definition) is 1. The highest BCUT2D eigenvalue weighted by Crippen LogP contribution is 2.29. The fourth-order valence-electron chi connectivity index (χ4n) is 3.18. The number of carbonyl (C=O) groups excluding carboxylic acids is 2. The summed E-state index contributed by atoms with van der Waals surface area (Å²) in [6, 6.07) is 18.5. The Morgan fingerprint density at radius 3 is 2.43 bits per heavy atom. The molecule has 0 fully saturated rings. The number of aryl methyl sites for hydroxylation is 1. The fourth-order valence-corrected chi connectivity index (χ4v) is 3.36. The van der Waals surface area contributed by atoms with E-state index in [0.717, 1.165) is 6.07 Å². The molecule has 4 aromatic rings. The number of carbonyl (C=O) groups is 2. The zero-order valence-corrected chi connectivity index (χ0v) is 18.9. The summed E-state index contributed by atoms with van der Waals surface area (Å²) in [7, 11) is 0. The molecule has 35 heavy (non-hydrogen) atoms. The molecule has 1 heterocycles. The van der Waals surface area contributed by atoms with E-state index in [0.29, 0.717) is 22.8 Å². The number of ether oxygens (including phenoxy) is 1. The molecule has 0 bridgehead atoms. The van der Waals surface area contributed by atoms with Gasteiger partial charge in [0.1, 0.15) is 5.02 Å². The summed E-state index contributed by atoms with van der Waals surface area (Å²) in [6.07, 6.45) is -1.32. The van der Waals surface area contributed by atoms with Crippen molar-refractivity contribution >= 4 is 34.9 Å². The number of rotatable bonds is 7. The van der Waals surface area contributed by atoms with Gasteiger partial charge in [-0.3, -0.25) is 14.9 Å². The summed E-state index contributed by atoms with van der Waals surface area (Å²) in [5.74, 6) is -0.657. The zero-order chi connectivity index (χ0) is 24.9. The summed E-state index contributed by atoms with van der Waals surface area (Å²) >= 11 is 5.84. The van der Waals surface area contributed by atoms with E-state index < -0.39 is 22.9 Å². The summed E-state index contributed by atoms with van der Waals surface area (Å²) in [5.41, 5.74) is 0.987. The molecule has 0 radical (unpaired) electrons. The molecule has 0 unspecified atom stereocenters. The number of hydrogen-bond acceptors (Lipinski definition) is 8. The quantitative estimate of drug-likeness (QED) is 0.212. The lowest BCUT2D eigenvalue weighted by molar-refractivity contribution is -0.384. The number of halogens is 1. The maximum absolute atomic E-state index is 13.1. The van der Waals surface area contributed by atoms with Crippen molar-refractivity contribution in [3.63, 3.8) is 0 Å². The van der Waals surface area contributed by atoms with E-state index >= 15 is 0 Å². The van der Waals surface area contributed by atoms with E-state index in [-0.39, 0.29) is 22.0 Å². The normalized spacial score (nSPS) is 11.5. The third kappa shape index (κ3) is 5.50. The third-order valence-electron chi connectivity index (χ3n) is 4.87. The minimum atomic E-state index is -1.32. The second kappa shape index (κ2) is 10.1. The van der Waals surface area contributed by atoms with Crippen LogP contribution in [0.25, 0.3) is 11.5 Å². The van der Waals surface area contributed by atoms with Crippen LogP contribution < -0.4 is 5.32 Å². The molecule has 1 amide bonds. The number of aromatic nitrogens is 2. The van der Waals surface area contributed by atoms with Gasteiger partial charge >= 0.3 is 5.97 Å². The molecule has 0 spiro atoms. The lowest BCUT2D eigenvalue weighted by Crippen LogP contribution is -2.26. The molecular weight excluding hydrogens is 476 g/mol. The van der Waals surface area contributed by atoms with E-state index in [1.807, 2.05) is 0 Å². The molecule has 1 N–H and O–H groups in total. The molecule has 0 aliphatic heterocycles. The van der Waals surface area contributed by atoms with Crippen LogP contribution in [0.2, 0.25) is 5.02 Å². The fraction of sp³-hybridized carbons (Fsp3) is 0.0833. The van der Waals surface area contributed by atoms with E-state index in [1.54, 1.807) is 49.4 Å². The first-order valence-electron chi connectivity index (χ1n) is 10.2. The number of amides is 1. The highest BCUT2D eigenvalue weighted by molar-refractivity contribution is 6.32. The minimum absolute atomic E-state index is 0.0711. The first kappa shape index (κ1) is 23.6. The Bertz CT molecular complexity index is 1390. The number of esters is 1. The van der Waals surface area contributed by atoms with Crippen molar-refractivity contribution in [2.45, 2.75) is 13.0 Å². The van der Waals surface area contributed by atoms with Crippen molar-refractivity contribution in [3.8, 4) is 11.5 Å². The summed E-state index contributed by atoms with van der Waals surface area (Å²) < 4.78 is 10.7. The van der Waals surface area contributed by atoms with Gasteiger partial charge in [0.05, 0.1) is 10.5 Å². The van der Waals surface area contributed by atoms with Gasteiger partial charge in [-0.15, -0.1) is 0 Å². The Balaban J connectivity index is 1.55. The van der Waals surface area contributed by atoms with Crippen LogP contribution in [-0.4, -0.2) is 26.9 Å². The maximum atomic E-state index is 13.1. The van der Waals surface area contributed by atoms with Crippen LogP contribution in [-0.2, 0) is 9.53 Å². The summed E-state index contributed by atoms with van der Waals surface area (Å²) in [5, 5.41) is 17.4. The van der Waals surface area contributed by atoms with Crippen molar-refractivity contribution in [3.05, 3.63) is 105 Å². The Kier molecular flexibility index (Phi) is 6.83. The molecule has 10 nitrogen and oxygen atoms in total. The van der Waals surface area contributed by atoms with Crippen LogP contribution >= 0.6 is 11.6 Å². The molecule has 11 heteroatoms. The number of nitro benzene ring substituents is 1. The smallest absolute Gasteiger partial charge is 0.339 e. The van der Waals surface area contributed by atoms with Gasteiger partial charge in [0.2, 0.25) is 6.10 Å². The van der Waals surface area contributed by atoms with Crippen molar-refractivity contribution in [2.75, 3.05) is 5.32 Å². The monoisotopic (exact) mass is 492 g/mol. The average Bonchev–Trinajstić information content (AvgIpc) is 3.30. The lowest BCUT2D eigenvalue weighted by Gasteiger charge is -2.18. The Labute approximate surface area is 203 Å². The zero-order valence-electron chi connectivity index (χ0n) is 18.2. The van der Waals surface area contributed by atoms with Gasteiger partial charge in [-0.1, -0.05) is 47.1 Å². The van der Waals surface area contributed by atoms with Crippen LogP contribution in [0, 0.1) is 17.0 Å². The predicted octanol–water partition coefficient (Wildman–Crippen LogP) is 5.14. The molecule has 1 aromatic heterocycles. The van der Waals surface area contributed by atoms with Crippen LogP contribution in [0.5, 0.6) is 0 Å². The Morgan fingerprint density at radius 1 is 1.09 bits per heavy atom. The SMILES string of the molecule is Cc1noc(-c2ccc(C(=O)O[C@@H](C(=O)Nc3ccc(Cl)c([N+](=O)[O-])c3)c3ccccc3)cc2)n1. The van der Waals surface area contributed by atoms with Gasteiger partial charge in [0.15, 0.2) is 5.82 Å². The minimum Gasteiger partial charge on any atom is -0.444 e. The van der Waals surface area contributed by atoms with Crippen molar-refractivity contribution < 1.29 is 23.8 Å². The van der Waals surface area contributed by atoms with Crippen LogP contribution in [0.1, 0.15) is 27.8 Å². The molecule has 176 valence electrons. The summed E-state index contributed by atoms with van der Waals surface area (Å²) in [6.45, 7) is 1.69. The maximum Gasteiger partial charge on any atom is 0.339 e. The molecule has 0 aliphatic rings. The first-order chi connectivity index (χ1) is 16.8. The molecule has 0 saturated carbocycles. The van der Waals surface area contributed by atoms with Gasteiger partial charge in [-0.05, 0) is 43.3 Å². The van der Waals surface area contributed by atoms with Crippen molar-refractivity contribution in [1.82, 2.24) is 10.1 Å². The number of nitrogens with one attached hydrogen (secondary N) is 1. The number of nitro groups is 1. The number of benzene rings is 3. The van der Waals surface area contributed by atoms with Gasteiger partial charge < -0.3 is 14.6 Å². The Morgan fingerprint density at radius 2 is 1.80 bits per heavy atom. The molecular formula is C24H17ClN4O6. The topological polar surface area (TPSA) is 137 Å². The van der Waals surface area contributed by atoms with Gasteiger partial charge in [0.25, 0.3) is 17.5 Å². The first-order valence-corrected chi connectivity index (χ1v) is 10.6. The molecule has 0 aliphatic carbocycles. The van der Waals surface area contributed by atoms with Gasteiger partial charge in [-0.2, -0.15) is 4.98 Å². The van der Waals surface area contributed by atoms with Gasteiger partial charge in [-0.25, -0.2) is 4.79 Å². The van der Waals surface area contributed by atoms with Crippen LogP contribution in [0.3, 0.4) is 0 Å². The van der Waals surface area contributed by atoms with Crippen LogP contribution in [0.15, 0.2) is 77.3 Å².